The molecular weight excluding hydrogens is 458 g/mol. The summed E-state index contributed by atoms with van der Waals surface area (Å²) in [6.45, 7) is 7.58. The second-order valence-electron chi connectivity index (χ2n) is 9.05. The number of benzene rings is 1. The van der Waals surface area contributed by atoms with Crippen molar-refractivity contribution in [3.05, 3.63) is 82.4 Å². The summed E-state index contributed by atoms with van der Waals surface area (Å²) in [6.07, 6.45) is 3.76. The van der Waals surface area contributed by atoms with Crippen molar-refractivity contribution < 1.29 is 14.0 Å². The van der Waals surface area contributed by atoms with E-state index >= 15 is 0 Å². The highest BCUT2D eigenvalue weighted by Crippen LogP contribution is 2.29. The van der Waals surface area contributed by atoms with E-state index < -0.39 is 6.04 Å². The zero-order valence-electron chi connectivity index (χ0n) is 20.7. The van der Waals surface area contributed by atoms with Gasteiger partial charge in [0.1, 0.15) is 6.04 Å². The van der Waals surface area contributed by atoms with E-state index in [9.17, 15) is 14.4 Å². The Labute approximate surface area is 208 Å². The van der Waals surface area contributed by atoms with Crippen LogP contribution in [0.4, 0.5) is 0 Å². The van der Waals surface area contributed by atoms with Gasteiger partial charge in [0.05, 0.1) is 23.5 Å². The predicted molar refractivity (Wildman–Crippen MR) is 135 cm³/mol. The molecule has 0 saturated carbocycles. The first kappa shape index (κ1) is 23.6. The van der Waals surface area contributed by atoms with E-state index in [-0.39, 0.29) is 17.4 Å². The Morgan fingerprint density at radius 3 is 2.31 bits per heavy atom. The van der Waals surface area contributed by atoms with Crippen LogP contribution < -0.4 is 5.56 Å². The molecule has 0 N–H and O–H groups in total. The van der Waals surface area contributed by atoms with Crippen LogP contribution in [0.2, 0.25) is 0 Å². The Balaban J connectivity index is 1.42. The number of piperazine rings is 1. The van der Waals surface area contributed by atoms with Gasteiger partial charge in [0, 0.05) is 43.0 Å². The lowest BCUT2D eigenvalue weighted by atomic mass is 10.1. The molecule has 3 aromatic heterocycles. The van der Waals surface area contributed by atoms with E-state index in [0.29, 0.717) is 49.4 Å². The van der Waals surface area contributed by atoms with Crippen LogP contribution in [-0.2, 0) is 4.79 Å². The van der Waals surface area contributed by atoms with E-state index in [1.165, 1.54) is 10.9 Å². The van der Waals surface area contributed by atoms with Gasteiger partial charge >= 0.3 is 0 Å². The molecule has 9 nitrogen and oxygen atoms in total. The van der Waals surface area contributed by atoms with Crippen molar-refractivity contribution in [2.45, 2.75) is 33.2 Å². The van der Waals surface area contributed by atoms with Gasteiger partial charge in [-0.1, -0.05) is 25.1 Å². The Kier molecular flexibility index (Phi) is 6.22. The zero-order chi connectivity index (χ0) is 25.4. The van der Waals surface area contributed by atoms with Crippen molar-refractivity contribution in [1.29, 1.82) is 0 Å². The molecule has 0 unspecified atom stereocenters. The van der Waals surface area contributed by atoms with Crippen LogP contribution in [0.1, 0.15) is 41.3 Å². The minimum atomic E-state index is -0.450. The average Bonchev–Trinajstić information content (AvgIpc) is 3.53. The quantitative estimate of drug-likeness (QED) is 0.431. The van der Waals surface area contributed by atoms with Gasteiger partial charge in [-0.15, -0.1) is 0 Å². The first-order valence-electron chi connectivity index (χ1n) is 12.2. The normalized spacial score (nSPS) is 14.9. The summed E-state index contributed by atoms with van der Waals surface area (Å²) in [6, 6.07) is 12.2. The number of aromatic nitrogens is 3. The third-order valence-corrected chi connectivity index (χ3v) is 7.05. The standard InChI is InChI=1S/C27H29N5O4/c1-4-22(25(33)29-12-14-30(15-13-29)26(34)23-11-8-16-36-23)31-18(2)21-17-28-32(20-9-6-5-7-10-20)27(35)24(21)19(31)3/h5-11,16-17,22H,4,12-15H2,1-3H3/t22-/m0/s1. The summed E-state index contributed by atoms with van der Waals surface area (Å²) in [5, 5.41) is 5.74. The molecule has 1 saturated heterocycles. The molecule has 186 valence electrons. The van der Waals surface area contributed by atoms with Crippen LogP contribution in [0.5, 0.6) is 0 Å². The number of hydrogen-bond acceptors (Lipinski definition) is 5. The van der Waals surface area contributed by atoms with Crippen molar-refractivity contribution in [2.24, 2.45) is 0 Å². The third-order valence-electron chi connectivity index (χ3n) is 7.05. The van der Waals surface area contributed by atoms with Gasteiger partial charge in [0.25, 0.3) is 11.5 Å². The molecule has 1 atom stereocenters. The molecule has 0 radical (unpaired) electrons. The minimum Gasteiger partial charge on any atom is -0.459 e. The maximum atomic E-state index is 13.7. The largest absolute Gasteiger partial charge is 0.459 e. The molecule has 0 aliphatic carbocycles. The van der Waals surface area contributed by atoms with Crippen LogP contribution in [0.25, 0.3) is 16.5 Å². The lowest BCUT2D eigenvalue weighted by Crippen LogP contribution is -2.52. The fourth-order valence-electron chi connectivity index (χ4n) is 5.16. The highest BCUT2D eigenvalue weighted by atomic mass is 16.3. The van der Waals surface area contributed by atoms with E-state index in [1.54, 1.807) is 23.2 Å². The third kappa shape index (κ3) is 3.90. The Hall–Kier alpha value is -4.14. The molecule has 1 aliphatic rings. The van der Waals surface area contributed by atoms with Crippen molar-refractivity contribution in [1.82, 2.24) is 24.1 Å². The van der Waals surface area contributed by atoms with Crippen LogP contribution in [0.15, 0.2) is 64.1 Å². The van der Waals surface area contributed by atoms with Crippen LogP contribution >= 0.6 is 0 Å². The molecule has 1 fully saturated rings. The topological polar surface area (TPSA) is 93.6 Å². The monoisotopic (exact) mass is 487 g/mol. The SMILES string of the molecule is CC[C@@H](C(=O)N1CCN(C(=O)c2ccco2)CC1)n1c(C)c2cnn(-c3ccccc3)c(=O)c2c1C. The number of carbonyl (C=O) groups is 2. The van der Waals surface area contributed by atoms with Crippen molar-refractivity contribution >= 4 is 22.6 Å². The predicted octanol–water partition coefficient (Wildman–Crippen LogP) is 3.33. The number of amides is 2. The van der Waals surface area contributed by atoms with Gasteiger partial charge < -0.3 is 18.8 Å². The fraction of sp³-hybridized carbons (Fsp3) is 0.333. The van der Waals surface area contributed by atoms with E-state index in [0.717, 1.165) is 16.8 Å². The molecule has 1 aliphatic heterocycles. The summed E-state index contributed by atoms with van der Waals surface area (Å²) >= 11 is 0. The minimum absolute atomic E-state index is 0.00884. The maximum absolute atomic E-state index is 13.7. The molecule has 2 amide bonds. The lowest BCUT2D eigenvalue weighted by molar-refractivity contribution is -0.136. The first-order valence-corrected chi connectivity index (χ1v) is 12.2. The molecular formula is C27H29N5O4. The van der Waals surface area contributed by atoms with Gasteiger partial charge in [0.2, 0.25) is 5.91 Å². The van der Waals surface area contributed by atoms with Crippen LogP contribution in [-0.4, -0.2) is 62.1 Å². The summed E-state index contributed by atoms with van der Waals surface area (Å²) in [5.41, 5.74) is 2.09. The number of hydrogen-bond donors (Lipinski definition) is 0. The molecule has 0 bridgehead atoms. The highest BCUT2D eigenvalue weighted by molar-refractivity contribution is 5.92. The summed E-state index contributed by atoms with van der Waals surface area (Å²) in [4.78, 5) is 43.2. The number of furan rings is 1. The maximum Gasteiger partial charge on any atom is 0.289 e. The van der Waals surface area contributed by atoms with E-state index in [4.69, 9.17) is 4.42 Å². The molecule has 1 aromatic carbocycles. The van der Waals surface area contributed by atoms with Crippen molar-refractivity contribution in [2.75, 3.05) is 26.2 Å². The number of aryl methyl sites for hydroxylation is 2. The number of para-hydroxylation sites is 1. The number of rotatable bonds is 5. The molecule has 36 heavy (non-hydrogen) atoms. The van der Waals surface area contributed by atoms with Gasteiger partial charge in [-0.05, 0) is 44.5 Å². The Bertz CT molecular complexity index is 1460. The second-order valence-corrected chi connectivity index (χ2v) is 9.05. The molecule has 5 rings (SSSR count). The number of carbonyl (C=O) groups excluding carboxylic acids is 2. The highest BCUT2D eigenvalue weighted by Gasteiger charge is 2.32. The zero-order valence-corrected chi connectivity index (χ0v) is 20.7. The van der Waals surface area contributed by atoms with E-state index in [1.807, 2.05) is 60.6 Å². The molecule has 9 heteroatoms. The van der Waals surface area contributed by atoms with Gasteiger partial charge in [-0.3, -0.25) is 14.4 Å². The summed E-state index contributed by atoms with van der Waals surface area (Å²) in [7, 11) is 0. The summed E-state index contributed by atoms with van der Waals surface area (Å²) in [5.74, 6) is 0.136. The number of fused-ring (bicyclic) bond motifs is 1. The Morgan fingerprint density at radius 2 is 1.67 bits per heavy atom. The van der Waals surface area contributed by atoms with Crippen LogP contribution in [0, 0.1) is 13.8 Å². The molecule has 4 aromatic rings. The van der Waals surface area contributed by atoms with E-state index in [2.05, 4.69) is 5.10 Å². The van der Waals surface area contributed by atoms with Crippen molar-refractivity contribution in [3.63, 3.8) is 0 Å². The fourth-order valence-corrected chi connectivity index (χ4v) is 5.16. The van der Waals surface area contributed by atoms with Gasteiger partial charge in [-0.25, -0.2) is 0 Å². The first-order chi connectivity index (χ1) is 17.4. The average molecular weight is 488 g/mol. The molecule has 4 heterocycles. The van der Waals surface area contributed by atoms with Gasteiger partial charge in [-0.2, -0.15) is 9.78 Å². The number of nitrogens with zero attached hydrogens (tertiary/aromatic N) is 5. The smallest absolute Gasteiger partial charge is 0.289 e. The van der Waals surface area contributed by atoms with Gasteiger partial charge in [0.15, 0.2) is 5.76 Å². The van der Waals surface area contributed by atoms with Crippen LogP contribution in [0.3, 0.4) is 0 Å². The molecule has 0 spiro atoms. The second kappa shape index (κ2) is 9.49. The summed E-state index contributed by atoms with van der Waals surface area (Å²) < 4.78 is 8.61. The van der Waals surface area contributed by atoms with Crippen molar-refractivity contribution in [3.8, 4) is 5.69 Å². The Morgan fingerprint density at radius 1 is 0.972 bits per heavy atom. The lowest BCUT2D eigenvalue weighted by Gasteiger charge is -2.36.